The standard InChI is InChI=1S/C23H26N6O2/c1-14(2)27-20-10-21(22-7-6-17-8-15(11-24)12-26-29(17)22)25-13-19(20)23(31)28-16-4-3-5-18(30)9-16/h6-8,10,12-14,16,18,30H,3-5,9H2,1-2H3,(H,25,27)(H,28,31)/t16-,18-/m1/s1. The van der Waals surface area contributed by atoms with Gasteiger partial charge >= 0.3 is 0 Å². The molecular weight excluding hydrogens is 392 g/mol. The molecule has 0 saturated heterocycles. The first kappa shape index (κ1) is 20.8. The number of amides is 1. The lowest BCUT2D eigenvalue weighted by atomic mass is 9.93. The number of aliphatic hydroxyl groups is 1. The van der Waals surface area contributed by atoms with Crippen LogP contribution >= 0.6 is 0 Å². The number of fused-ring (bicyclic) bond motifs is 1. The van der Waals surface area contributed by atoms with Crippen molar-refractivity contribution in [1.29, 1.82) is 5.26 Å². The van der Waals surface area contributed by atoms with Gasteiger partial charge in [0.25, 0.3) is 5.91 Å². The zero-order valence-corrected chi connectivity index (χ0v) is 17.7. The number of carbonyl (C=O) groups excluding carboxylic acids is 1. The third-order valence-corrected chi connectivity index (χ3v) is 5.47. The number of aliphatic hydroxyl groups excluding tert-OH is 1. The first-order valence-electron chi connectivity index (χ1n) is 10.6. The van der Waals surface area contributed by atoms with E-state index in [2.05, 4.69) is 26.8 Å². The van der Waals surface area contributed by atoms with Gasteiger partial charge in [-0.25, -0.2) is 4.52 Å². The molecule has 1 fully saturated rings. The first-order chi connectivity index (χ1) is 14.9. The minimum absolute atomic E-state index is 0.0315. The molecule has 0 unspecified atom stereocenters. The van der Waals surface area contributed by atoms with Crippen LogP contribution in [-0.4, -0.2) is 43.8 Å². The number of carbonyl (C=O) groups is 1. The summed E-state index contributed by atoms with van der Waals surface area (Å²) in [5, 5.41) is 29.7. The van der Waals surface area contributed by atoms with E-state index in [0.717, 1.165) is 30.5 Å². The summed E-state index contributed by atoms with van der Waals surface area (Å²) >= 11 is 0. The van der Waals surface area contributed by atoms with E-state index in [4.69, 9.17) is 5.26 Å². The Bertz CT molecular complexity index is 1150. The molecule has 8 nitrogen and oxygen atoms in total. The fourth-order valence-electron chi connectivity index (χ4n) is 4.02. The minimum atomic E-state index is -0.357. The molecule has 0 bridgehead atoms. The van der Waals surface area contributed by atoms with Crippen LogP contribution in [0.1, 0.15) is 55.5 Å². The average Bonchev–Trinajstić information content (AvgIpc) is 3.16. The van der Waals surface area contributed by atoms with Gasteiger partial charge in [0.15, 0.2) is 0 Å². The molecule has 2 atom stereocenters. The van der Waals surface area contributed by atoms with E-state index in [-0.39, 0.29) is 24.1 Å². The molecule has 0 aliphatic heterocycles. The summed E-state index contributed by atoms with van der Waals surface area (Å²) in [7, 11) is 0. The zero-order valence-electron chi connectivity index (χ0n) is 17.7. The Morgan fingerprint density at radius 1 is 1.29 bits per heavy atom. The third kappa shape index (κ3) is 4.52. The predicted octanol–water partition coefficient (Wildman–Crippen LogP) is 3.12. The summed E-state index contributed by atoms with van der Waals surface area (Å²) in [4.78, 5) is 17.5. The Morgan fingerprint density at radius 3 is 2.87 bits per heavy atom. The molecule has 1 saturated carbocycles. The van der Waals surface area contributed by atoms with Crippen LogP contribution in [0.25, 0.3) is 16.9 Å². The highest BCUT2D eigenvalue weighted by Crippen LogP contribution is 2.26. The molecule has 0 spiro atoms. The molecule has 3 aromatic heterocycles. The molecule has 160 valence electrons. The second-order valence-corrected chi connectivity index (χ2v) is 8.32. The van der Waals surface area contributed by atoms with Crippen LogP contribution < -0.4 is 10.6 Å². The van der Waals surface area contributed by atoms with Gasteiger partial charge in [0.1, 0.15) is 6.07 Å². The van der Waals surface area contributed by atoms with Crippen molar-refractivity contribution < 1.29 is 9.90 Å². The SMILES string of the molecule is CC(C)Nc1cc(-c2ccc3cc(C#N)cnn23)ncc1C(=O)N[C@@H]1CCC[C@@H](O)C1. The van der Waals surface area contributed by atoms with Crippen LogP contribution in [0, 0.1) is 11.3 Å². The van der Waals surface area contributed by atoms with Gasteiger partial charge in [-0.05, 0) is 63.8 Å². The Labute approximate surface area is 180 Å². The monoisotopic (exact) mass is 418 g/mol. The average molecular weight is 419 g/mol. The van der Waals surface area contributed by atoms with Crippen molar-refractivity contribution in [2.24, 2.45) is 0 Å². The fraction of sp³-hybridized carbons (Fsp3) is 0.391. The van der Waals surface area contributed by atoms with Gasteiger partial charge in [0, 0.05) is 18.3 Å². The van der Waals surface area contributed by atoms with Gasteiger partial charge in [0.05, 0.1) is 46.0 Å². The van der Waals surface area contributed by atoms with Crippen molar-refractivity contribution in [3.8, 4) is 17.5 Å². The number of hydrogen-bond acceptors (Lipinski definition) is 6. The highest BCUT2D eigenvalue weighted by Gasteiger charge is 2.24. The third-order valence-electron chi connectivity index (χ3n) is 5.47. The lowest BCUT2D eigenvalue weighted by molar-refractivity contribution is 0.0850. The number of nitrogens with one attached hydrogen (secondary N) is 2. The van der Waals surface area contributed by atoms with E-state index in [1.165, 1.54) is 6.20 Å². The van der Waals surface area contributed by atoms with E-state index >= 15 is 0 Å². The largest absolute Gasteiger partial charge is 0.393 e. The number of pyridine rings is 1. The Morgan fingerprint density at radius 2 is 2.13 bits per heavy atom. The van der Waals surface area contributed by atoms with Crippen LogP contribution in [0.15, 0.2) is 36.7 Å². The van der Waals surface area contributed by atoms with Crippen LogP contribution in [0.3, 0.4) is 0 Å². The van der Waals surface area contributed by atoms with Gasteiger partial charge in [-0.2, -0.15) is 10.4 Å². The summed E-state index contributed by atoms with van der Waals surface area (Å²) in [5.41, 5.74) is 3.90. The lowest BCUT2D eigenvalue weighted by Gasteiger charge is -2.27. The van der Waals surface area contributed by atoms with E-state index in [1.54, 1.807) is 16.8 Å². The topological polar surface area (TPSA) is 115 Å². The smallest absolute Gasteiger partial charge is 0.255 e. The van der Waals surface area contributed by atoms with Crippen LogP contribution in [-0.2, 0) is 0 Å². The zero-order chi connectivity index (χ0) is 22.0. The summed E-state index contributed by atoms with van der Waals surface area (Å²) in [5.74, 6) is -0.196. The van der Waals surface area contributed by atoms with Gasteiger partial charge in [0.2, 0.25) is 0 Å². The van der Waals surface area contributed by atoms with Crippen LogP contribution in [0.5, 0.6) is 0 Å². The molecule has 8 heteroatoms. The molecule has 0 aromatic carbocycles. The molecule has 3 aromatic rings. The van der Waals surface area contributed by atoms with Gasteiger partial charge in [-0.15, -0.1) is 0 Å². The number of anilines is 1. The molecule has 1 aliphatic rings. The van der Waals surface area contributed by atoms with Crippen molar-refractivity contribution in [3.05, 3.63) is 47.8 Å². The summed E-state index contributed by atoms with van der Waals surface area (Å²) in [6.07, 6.45) is 5.89. The number of hydrogen-bond donors (Lipinski definition) is 3. The lowest BCUT2D eigenvalue weighted by Crippen LogP contribution is -2.40. The highest BCUT2D eigenvalue weighted by molar-refractivity contribution is 6.00. The number of nitrogens with zero attached hydrogens (tertiary/aromatic N) is 4. The van der Waals surface area contributed by atoms with Gasteiger partial charge in [-0.1, -0.05) is 0 Å². The second kappa shape index (κ2) is 8.74. The number of nitriles is 1. The fourth-order valence-corrected chi connectivity index (χ4v) is 4.02. The molecule has 3 heterocycles. The Hall–Kier alpha value is -3.44. The maximum absolute atomic E-state index is 13.0. The van der Waals surface area contributed by atoms with Crippen molar-refractivity contribution >= 4 is 17.1 Å². The van der Waals surface area contributed by atoms with Crippen molar-refractivity contribution in [1.82, 2.24) is 19.9 Å². The van der Waals surface area contributed by atoms with E-state index in [1.807, 2.05) is 32.0 Å². The molecule has 31 heavy (non-hydrogen) atoms. The first-order valence-corrected chi connectivity index (χ1v) is 10.6. The predicted molar refractivity (Wildman–Crippen MR) is 118 cm³/mol. The van der Waals surface area contributed by atoms with Crippen LogP contribution in [0.2, 0.25) is 0 Å². The van der Waals surface area contributed by atoms with Gasteiger partial charge < -0.3 is 15.7 Å². The van der Waals surface area contributed by atoms with Crippen LogP contribution in [0.4, 0.5) is 5.69 Å². The minimum Gasteiger partial charge on any atom is -0.393 e. The van der Waals surface area contributed by atoms with E-state index < -0.39 is 0 Å². The molecule has 0 radical (unpaired) electrons. The second-order valence-electron chi connectivity index (χ2n) is 8.32. The Kier molecular flexibility index (Phi) is 5.87. The maximum Gasteiger partial charge on any atom is 0.255 e. The summed E-state index contributed by atoms with van der Waals surface area (Å²) < 4.78 is 1.73. The molecule has 1 amide bonds. The number of aromatic nitrogens is 3. The summed E-state index contributed by atoms with van der Waals surface area (Å²) in [6.45, 7) is 4.02. The van der Waals surface area contributed by atoms with Crippen molar-refractivity contribution in [2.75, 3.05) is 5.32 Å². The highest BCUT2D eigenvalue weighted by atomic mass is 16.3. The van der Waals surface area contributed by atoms with E-state index in [9.17, 15) is 9.90 Å². The normalized spacial score (nSPS) is 18.7. The summed E-state index contributed by atoms with van der Waals surface area (Å²) in [6, 6.07) is 9.59. The maximum atomic E-state index is 13.0. The van der Waals surface area contributed by atoms with E-state index in [0.29, 0.717) is 28.9 Å². The molecule has 1 aliphatic carbocycles. The quantitative estimate of drug-likeness (QED) is 0.586. The number of rotatable bonds is 5. The molecular formula is C23H26N6O2. The molecule has 4 rings (SSSR count). The Balaban J connectivity index is 1.66. The molecule has 3 N–H and O–H groups in total. The van der Waals surface area contributed by atoms with Crippen molar-refractivity contribution in [3.63, 3.8) is 0 Å². The van der Waals surface area contributed by atoms with Gasteiger partial charge in [-0.3, -0.25) is 9.78 Å². The van der Waals surface area contributed by atoms with Crippen molar-refractivity contribution in [2.45, 2.75) is 57.7 Å².